The van der Waals surface area contributed by atoms with Crippen molar-refractivity contribution in [3.8, 4) is 0 Å². The molecule has 4 nitrogen and oxygen atoms in total. The van der Waals surface area contributed by atoms with Gasteiger partial charge in [0.25, 0.3) is 0 Å². The number of rotatable bonds is 2. The van der Waals surface area contributed by atoms with Gasteiger partial charge in [0.1, 0.15) is 5.82 Å². The van der Waals surface area contributed by atoms with Gasteiger partial charge in [0.05, 0.1) is 6.04 Å². The number of nitrogens with two attached hydrogens (primary N) is 1. The highest BCUT2D eigenvalue weighted by atomic mass is 19.1. The molecule has 2 atom stereocenters. The van der Waals surface area contributed by atoms with Crippen molar-refractivity contribution in [3.05, 3.63) is 35.6 Å². The molecule has 1 fully saturated rings. The summed E-state index contributed by atoms with van der Waals surface area (Å²) in [5.74, 6) is -0.0150. The zero-order valence-electron chi connectivity index (χ0n) is 9.34. The quantitative estimate of drug-likeness (QED) is 0.613. The summed E-state index contributed by atoms with van der Waals surface area (Å²) in [4.78, 5) is 10.8. The van der Waals surface area contributed by atoms with E-state index in [0.29, 0.717) is 17.9 Å². The molecular formula is C12H15FN2O2. The predicted octanol–water partition coefficient (Wildman–Crippen LogP) is 2.23. The Kier molecular flexibility index (Phi) is 3.28. The van der Waals surface area contributed by atoms with Crippen LogP contribution in [0.1, 0.15) is 30.7 Å². The average Bonchev–Trinajstić information content (AvgIpc) is 2.78. The Morgan fingerprint density at radius 1 is 1.35 bits per heavy atom. The molecule has 2 amide bonds. The first kappa shape index (κ1) is 11.9. The Labute approximate surface area is 98.8 Å². The van der Waals surface area contributed by atoms with Gasteiger partial charge in [-0.3, -0.25) is 5.21 Å². The van der Waals surface area contributed by atoms with Gasteiger partial charge in [-0.25, -0.2) is 14.2 Å². The molecule has 0 radical (unpaired) electrons. The van der Waals surface area contributed by atoms with Crippen LogP contribution in [0, 0.1) is 5.82 Å². The van der Waals surface area contributed by atoms with E-state index in [-0.39, 0.29) is 17.8 Å². The van der Waals surface area contributed by atoms with E-state index in [2.05, 4.69) is 0 Å². The first-order valence-corrected chi connectivity index (χ1v) is 5.61. The summed E-state index contributed by atoms with van der Waals surface area (Å²) in [7, 11) is 0. The summed E-state index contributed by atoms with van der Waals surface area (Å²) >= 11 is 0. The number of carbonyl (C=O) groups excluding carboxylic acids is 1. The molecule has 1 aliphatic rings. The Bertz CT molecular complexity index is 407. The van der Waals surface area contributed by atoms with Crippen molar-refractivity contribution in [3.63, 3.8) is 0 Å². The molecule has 3 N–H and O–H groups in total. The highest BCUT2D eigenvalue weighted by Crippen LogP contribution is 2.36. The number of nitrogens with zero attached hydrogens (tertiary/aromatic N) is 1. The molecule has 0 heterocycles. The van der Waals surface area contributed by atoms with Crippen LogP contribution in [0.2, 0.25) is 0 Å². The fourth-order valence-electron chi connectivity index (χ4n) is 2.40. The van der Waals surface area contributed by atoms with Gasteiger partial charge in [0.15, 0.2) is 0 Å². The summed E-state index contributed by atoms with van der Waals surface area (Å²) in [6, 6.07) is 5.28. The van der Waals surface area contributed by atoms with Crippen molar-refractivity contribution in [1.82, 2.24) is 5.06 Å². The van der Waals surface area contributed by atoms with Crippen molar-refractivity contribution >= 4 is 6.03 Å². The number of amides is 2. The van der Waals surface area contributed by atoms with Crippen LogP contribution >= 0.6 is 0 Å². The van der Waals surface area contributed by atoms with Crippen molar-refractivity contribution in [1.29, 1.82) is 0 Å². The SMILES string of the molecule is NC(=O)N(O)C1CCC(c2ccc(F)cc2)C1. The smallest absolute Gasteiger partial charge is 0.338 e. The number of primary amides is 1. The summed E-state index contributed by atoms with van der Waals surface area (Å²) < 4.78 is 12.8. The van der Waals surface area contributed by atoms with E-state index >= 15 is 0 Å². The summed E-state index contributed by atoms with van der Waals surface area (Å²) in [6.07, 6.45) is 2.23. The van der Waals surface area contributed by atoms with Crippen molar-refractivity contribution in [2.24, 2.45) is 5.73 Å². The Balaban J connectivity index is 2.02. The zero-order chi connectivity index (χ0) is 12.4. The van der Waals surface area contributed by atoms with Gasteiger partial charge in [-0.2, -0.15) is 0 Å². The minimum atomic E-state index is -0.824. The molecule has 17 heavy (non-hydrogen) atoms. The predicted molar refractivity (Wildman–Crippen MR) is 60.0 cm³/mol. The van der Waals surface area contributed by atoms with Gasteiger partial charge in [0, 0.05) is 0 Å². The van der Waals surface area contributed by atoms with E-state index in [4.69, 9.17) is 5.73 Å². The van der Waals surface area contributed by atoms with Crippen LogP contribution in [-0.4, -0.2) is 22.3 Å². The average molecular weight is 238 g/mol. The van der Waals surface area contributed by atoms with Gasteiger partial charge < -0.3 is 5.73 Å². The molecule has 0 spiro atoms. The first-order valence-electron chi connectivity index (χ1n) is 5.61. The molecule has 1 saturated carbocycles. The third-order valence-electron chi connectivity index (χ3n) is 3.32. The standard InChI is InChI=1S/C12H15FN2O2/c13-10-4-1-8(2-5-10)9-3-6-11(7-9)15(17)12(14)16/h1-2,4-5,9,11,17H,3,6-7H2,(H2,14,16). The number of carbonyl (C=O) groups is 1. The third-order valence-corrected chi connectivity index (χ3v) is 3.32. The van der Waals surface area contributed by atoms with Crippen LogP contribution in [0.15, 0.2) is 24.3 Å². The summed E-state index contributed by atoms with van der Waals surface area (Å²) in [6.45, 7) is 0. The molecule has 2 unspecified atom stereocenters. The van der Waals surface area contributed by atoms with Gasteiger partial charge in [-0.1, -0.05) is 12.1 Å². The van der Waals surface area contributed by atoms with Gasteiger partial charge in [0.2, 0.25) is 0 Å². The Morgan fingerprint density at radius 3 is 2.59 bits per heavy atom. The normalized spacial score (nSPS) is 23.6. The largest absolute Gasteiger partial charge is 0.350 e. The van der Waals surface area contributed by atoms with Crippen molar-refractivity contribution < 1.29 is 14.4 Å². The zero-order valence-corrected chi connectivity index (χ0v) is 9.34. The maximum Gasteiger partial charge on any atom is 0.338 e. The molecule has 0 saturated heterocycles. The first-order chi connectivity index (χ1) is 8.08. The lowest BCUT2D eigenvalue weighted by Crippen LogP contribution is -2.39. The topological polar surface area (TPSA) is 66.6 Å². The molecule has 1 aliphatic carbocycles. The molecule has 5 heteroatoms. The monoisotopic (exact) mass is 238 g/mol. The molecule has 1 aromatic rings. The third kappa shape index (κ3) is 2.55. The molecule has 1 aromatic carbocycles. The van der Waals surface area contributed by atoms with Crippen LogP contribution < -0.4 is 5.73 Å². The van der Waals surface area contributed by atoms with Crippen LogP contribution in [-0.2, 0) is 0 Å². The number of hydrogen-bond acceptors (Lipinski definition) is 2. The van der Waals surface area contributed by atoms with Crippen LogP contribution in [0.3, 0.4) is 0 Å². The number of halogens is 1. The number of hydroxylamine groups is 2. The lowest BCUT2D eigenvalue weighted by atomic mass is 9.97. The minimum Gasteiger partial charge on any atom is -0.350 e. The van der Waals surface area contributed by atoms with Crippen LogP contribution in [0.4, 0.5) is 9.18 Å². The molecule has 0 aliphatic heterocycles. The van der Waals surface area contributed by atoms with Crippen LogP contribution in [0.25, 0.3) is 0 Å². The molecule has 2 rings (SSSR count). The molecular weight excluding hydrogens is 223 g/mol. The molecule has 0 bridgehead atoms. The second-order valence-corrected chi connectivity index (χ2v) is 4.40. The van der Waals surface area contributed by atoms with E-state index in [9.17, 15) is 14.4 Å². The Morgan fingerprint density at radius 2 is 2.00 bits per heavy atom. The summed E-state index contributed by atoms with van der Waals surface area (Å²) in [5.41, 5.74) is 6.04. The van der Waals surface area contributed by atoms with Crippen molar-refractivity contribution in [2.75, 3.05) is 0 Å². The minimum absolute atomic E-state index is 0.234. The number of benzene rings is 1. The molecule has 0 aromatic heterocycles. The van der Waals surface area contributed by atoms with E-state index in [1.54, 1.807) is 12.1 Å². The Hall–Kier alpha value is -1.62. The lowest BCUT2D eigenvalue weighted by Gasteiger charge is -2.19. The number of hydrogen-bond donors (Lipinski definition) is 2. The highest BCUT2D eigenvalue weighted by molar-refractivity contribution is 5.70. The van der Waals surface area contributed by atoms with E-state index in [0.717, 1.165) is 12.0 Å². The second kappa shape index (κ2) is 4.71. The van der Waals surface area contributed by atoms with Gasteiger partial charge >= 0.3 is 6.03 Å². The second-order valence-electron chi connectivity index (χ2n) is 4.40. The highest BCUT2D eigenvalue weighted by Gasteiger charge is 2.31. The number of urea groups is 1. The fourth-order valence-corrected chi connectivity index (χ4v) is 2.40. The van der Waals surface area contributed by atoms with E-state index < -0.39 is 6.03 Å². The summed E-state index contributed by atoms with van der Waals surface area (Å²) in [5, 5.41) is 10.0. The fraction of sp³-hybridized carbons (Fsp3) is 0.417. The maximum atomic E-state index is 12.8. The lowest BCUT2D eigenvalue weighted by molar-refractivity contribution is -0.0730. The van der Waals surface area contributed by atoms with Crippen molar-refractivity contribution in [2.45, 2.75) is 31.2 Å². The van der Waals surface area contributed by atoms with Crippen LogP contribution in [0.5, 0.6) is 0 Å². The van der Waals surface area contributed by atoms with E-state index in [1.165, 1.54) is 12.1 Å². The van der Waals surface area contributed by atoms with E-state index in [1.807, 2.05) is 0 Å². The molecule has 92 valence electrons. The van der Waals surface area contributed by atoms with Gasteiger partial charge in [-0.15, -0.1) is 0 Å². The maximum absolute atomic E-state index is 12.8. The van der Waals surface area contributed by atoms with Gasteiger partial charge in [-0.05, 0) is 42.9 Å².